The summed E-state index contributed by atoms with van der Waals surface area (Å²) in [5.41, 5.74) is 2.87. The van der Waals surface area contributed by atoms with Crippen molar-refractivity contribution in [3.8, 4) is 5.69 Å². The summed E-state index contributed by atoms with van der Waals surface area (Å²) in [7, 11) is 0. The summed E-state index contributed by atoms with van der Waals surface area (Å²) in [4.78, 5) is 16.6. The molecule has 2 aromatic carbocycles. The van der Waals surface area contributed by atoms with Gasteiger partial charge < -0.3 is 5.32 Å². The van der Waals surface area contributed by atoms with Crippen LogP contribution in [-0.4, -0.2) is 27.2 Å². The zero-order valence-corrected chi connectivity index (χ0v) is 15.4. The van der Waals surface area contributed by atoms with Crippen LogP contribution in [-0.2, 0) is 11.2 Å². The first kappa shape index (κ1) is 17.2. The molecule has 27 heavy (non-hydrogen) atoms. The SMILES string of the molecule is O=C(/C=C/c1cnn(-c2ccccc2)c1)NCCc1nc2ccccc2s1. The van der Waals surface area contributed by atoms with Crippen LogP contribution in [0, 0.1) is 0 Å². The number of carbonyl (C=O) groups excluding carboxylic acids is 1. The fourth-order valence-electron chi connectivity index (χ4n) is 2.70. The molecule has 0 atom stereocenters. The Balaban J connectivity index is 1.29. The fourth-order valence-corrected chi connectivity index (χ4v) is 3.66. The molecular formula is C21H18N4OS. The molecule has 0 aliphatic heterocycles. The molecule has 134 valence electrons. The number of amides is 1. The normalized spacial score (nSPS) is 11.3. The van der Waals surface area contributed by atoms with E-state index in [-0.39, 0.29) is 5.91 Å². The monoisotopic (exact) mass is 374 g/mol. The molecule has 2 heterocycles. The average molecular weight is 374 g/mol. The minimum absolute atomic E-state index is 0.122. The molecule has 4 aromatic rings. The minimum Gasteiger partial charge on any atom is -0.352 e. The Labute approximate surface area is 161 Å². The van der Waals surface area contributed by atoms with Crippen LogP contribution < -0.4 is 5.32 Å². The van der Waals surface area contributed by atoms with Crippen LogP contribution in [0.15, 0.2) is 73.1 Å². The van der Waals surface area contributed by atoms with E-state index >= 15 is 0 Å². The lowest BCUT2D eigenvalue weighted by Crippen LogP contribution is -2.23. The smallest absolute Gasteiger partial charge is 0.244 e. The predicted octanol–water partition coefficient (Wildman–Crippen LogP) is 3.85. The van der Waals surface area contributed by atoms with Crippen molar-refractivity contribution in [2.24, 2.45) is 0 Å². The molecule has 2 aromatic heterocycles. The quantitative estimate of drug-likeness (QED) is 0.522. The van der Waals surface area contributed by atoms with E-state index in [1.54, 1.807) is 28.3 Å². The number of nitrogens with zero attached hydrogens (tertiary/aromatic N) is 3. The van der Waals surface area contributed by atoms with Crippen LogP contribution in [0.3, 0.4) is 0 Å². The molecule has 4 rings (SSSR count). The number of para-hydroxylation sites is 2. The number of carbonyl (C=O) groups is 1. The van der Waals surface area contributed by atoms with Gasteiger partial charge in [-0.05, 0) is 30.3 Å². The second kappa shape index (κ2) is 7.97. The van der Waals surface area contributed by atoms with Gasteiger partial charge in [0.05, 0.1) is 27.1 Å². The zero-order valence-electron chi connectivity index (χ0n) is 14.6. The molecule has 5 nitrogen and oxygen atoms in total. The Kier molecular flexibility index (Phi) is 5.07. The summed E-state index contributed by atoms with van der Waals surface area (Å²) in [5.74, 6) is -0.122. The van der Waals surface area contributed by atoms with E-state index in [4.69, 9.17) is 0 Å². The van der Waals surface area contributed by atoms with Crippen LogP contribution in [0.2, 0.25) is 0 Å². The lowest BCUT2D eigenvalue weighted by molar-refractivity contribution is -0.116. The summed E-state index contributed by atoms with van der Waals surface area (Å²) in [6.45, 7) is 0.562. The van der Waals surface area contributed by atoms with E-state index in [2.05, 4.69) is 21.5 Å². The van der Waals surface area contributed by atoms with Crippen LogP contribution in [0.5, 0.6) is 0 Å². The molecule has 0 bridgehead atoms. The van der Waals surface area contributed by atoms with Crippen molar-refractivity contribution in [1.29, 1.82) is 0 Å². The van der Waals surface area contributed by atoms with Crippen molar-refractivity contribution in [2.75, 3.05) is 6.54 Å². The number of aromatic nitrogens is 3. The molecule has 1 amide bonds. The second-order valence-electron chi connectivity index (χ2n) is 6.00. The van der Waals surface area contributed by atoms with E-state index in [9.17, 15) is 4.79 Å². The van der Waals surface area contributed by atoms with Gasteiger partial charge in [0, 0.05) is 30.8 Å². The molecule has 1 N–H and O–H groups in total. The van der Waals surface area contributed by atoms with E-state index in [0.29, 0.717) is 6.54 Å². The first-order valence-corrected chi connectivity index (χ1v) is 9.50. The summed E-state index contributed by atoms with van der Waals surface area (Å²) >= 11 is 1.67. The van der Waals surface area contributed by atoms with Crippen molar-refractivity contribution in [3.05, 3.63) is 83.6 Å². The molecule has 0 unspecified atom stereocenters. The molecule has 0 radical (unpaired) electrons. The Morgan fingerprint density at radius 2 is 1.93 bits per heavy atom. The Hall–Kier alpha value is -3.25. The van der Waals surface area contributed by atoms with Gasteiger partial charge in [0.15, 0.2) is 0 Å². The molecular weight excluding hydrogens is 356 g/mol. The highest BCUT2D eigenvalue weighted by molar-refractivity contribution is 7.18. The number of benzene rings is 2. The third kappa shape index (κ3) is 4.30. The van der Waals surface area contributed by atoms with Crippen molar-refractivity contribution in [1.82, 2.24) is 20.1 Å². The van der Waals surface area contributed by atoms with Crippen LogP contribution in [0.25, 0.3) is 22.0 Å². The third-order valence-electron chi connectivity index (χ3n) is 4.03. The summed E-state index contributed by atoms with van der Waals surface area (Å²) in [6.07, 6.45) is 7.65. The predicted molar refractivity (Wildman–Crippen MR) is 109 cm³/mol. The molecule has 0 spiro atoms. The standard InChI is InChI=1S/C21H18N4OS/c26-20(22-13-12-21-24-18-8-4-5-9-19(18)27-21)11-10-16-14-23-25(15-16)17-6-2-1-3-7-17/h1-11,14-15H,12-13H2,(H,22,26)/b11-10+. The minimum atomic E-state index is -0.122. The van der Waals surface area contributed by atoms with Crippen LogP contribution >= 0.6 is 11.3 Å². The number of rotatable bonds is 6. The fraction of sp³-hybridized carbons (Fsp3) is 0.0952. The Bertz CT molecular complexity index is 1050. The van der Waals surface area contributed by atoms with Crippen molar-refractivity contribution in [2.45, 2.75) is 6.42 Å². The van der Waals surface area contributed by atoms with Gasteiger partial charge in [-0.1, -0.05) is 30.3 Å². The highest BCUT2D eigenvalue weighted by Crippen LogP contribution is 2.21. The van der Waals surface area contributed by atoms with Gasteiger partial charge in [-0.3, -0.25) is 4.79 Å². The molecule has 0 saturated carbocycles. The lowest BCUT2D eigenvalue weighted by atomic mass is 10.3. The third-order valence-corrected chi connectivity index (χ3v) is 5.12. The number of hydrogen-bond donors (Lipinski definition) is 1. The van der Waals surface area contributed by atoms with E-state index < -0.39 is 0 Å². The second-order valence-corrected chi connectivity index (χ2v) is 7.12. The van der Waals surface area contributed by atoms with Gasteiger partial charge >= 0.3 is 0 Å². The van der Waals surface area contributed by atoms with Crippen molar-refractivity contribution in [3.63, 3.8) is 0 Å². The number of thiazole rings is 1. The largest absolute Gasteiger partial charge is 0.352 e. The summed E-state index contributed by atoms with van der Waals surface area (Å²) in [5, 5.41) is 8.24. The van der Waals surface area contributed by atoms with Crippen molar-refractivity contribution >= 4 is 33.5 Å². The topological polar surface area (TPSA) is 59.8 Å². The number of hydrogen-bond acceptors (Lipinski definition) is 4. The first-order valence-electron chi connectivity index (χ1n) is 8.68. The number of fused-ring (bicyclic) bond motifs is 1. The molecule has 0 fully saturated rings. The molecule has 0 aliphatic rings. The van der Waals surface area contributed by atoms with Gasteiger partial charge in [0.2, 0.25) is 5.91 Å². The summed E-state index contributed by atoms with van der Waals surface area (Å²) < 4.78 is 2.96. The maximum atomic E-state index is 12.0. The molecule has 0 aliphatic carbocycles. The Morgan fingerprint density at radius 1 is 1.11 bits per heavy atom. The maximum absolute atomic E-state index is 12.0. The van der Waals surface area contributed by atoms with E-state index in [0.717, 1.165) is 28.2 Å². The van der Waals surface area contributed by atoms with E-state index in [1.807, 2.05) is 54.7 Å². The highest BCUT2D eigenvalue weighted by atomic mass is 32.1. The van der Waals surface area contributed by atoms with Gasteiger partial charge in [-0.15, -0.1) is 11.3 Å². The van der Waals surface area contributed by atoms with Crippen LogP contribution in [0.4, 0.5) is 0 Å². The van der Waals surface area contributed by atoms with Gasteiger partial charge in [0.1, 0.15) is 0 Å². The first-order chi connectivity index (χ1) is 13.3. The van der Waals surface area contributed by atoms with Crippen LogP contribution in [0.1, 0.15) is 10.6 Å². The number of nitrogens with one attached hydrogen (secondary N) is 1. The maximum Gasteiger partial charge on any atom is 0.244 e. The average Bonchev–Trinajstić information content (AvgIpc) is 3.34. The van der Waals surface area contributed by atoms with Gasteiger partial charge in [-0.25, -0.2) is 9.67 Å². The van der Waals surface area contributed by atoms with Gasteiger partial charge in [0.25, 0.3) is 0 Å². The highest BCUT2D eigenvalue weighted by Gasteiger charge is 2.04. The van der Waals surface area contributed by atoms with Gasteiger partial charge in [-0.2, -0.15) is 5.10 Å². The molecule has 6 heteroatoms. The van der Waals surface area contributed by atoms with E-state index in [1.165, 1.54) is 10.8 Å². The lowest BCUT2D eigenvalue weighted by Gasteiger charge is -1.99. The summed E-state index contributed by atoms with van der Waals surface area (Å²) in [6, 6.07) is 17.9. The Morgan fingerprint density at radius 3 is 2.78 bits per heavy atom. The van der Waals surface area contributed by atoms with Crippen molar-refractivity contribution < 1.29 is 4.79 Å². The zero-order chi connectivity index (χ0) is 18.5. The molecule has 0 saturated heterocycles.